The molecule has 0 aromatic heterocycles. The first kappa shape index (κ1) is 15.3. The van der Waals surface area contributed by atoms with Crippen LogP contribution in [-0.4, -0.2) is 20.0 Å². The highest BCUT2D eigenvalue weighted by Crippen LogP contribution is 2.28. The van der Waals surface area contributed by atoms with Crippen molar-refractivity contribution in [3.63, 3.8) is 0 Å². The number of benzene rings is 2. The number of hydrogen-bond acceptors (Lipinski definition) is 3. The molecule has 0 fully saturated rings. The summed E-state index contributed by atoms with van der Waals surface area (Å²) in [6.07, 6.45) is 0. The van der Waals surface area contributed by atoms with E-state index < -0.39 is 23.0 Å². The maximum atomic E-state index is 13.9. The fourth-order valence-corrected chi connectivity index (χ4v) is 2.03. The van der Waals surface area contributed by atoms with Gasteiger partial charge in [-0.15, -0.1) is 0 Å². The van der Waals surface area contributed by atoms with E-state index in [1.54, 1.807) is 0 Å². The van der Waals surface area contributed by atoms with Gasteiger partial charge in [0.05, 0.1) is 25.3 Å². The minimum absolute atomic E-state index is 0.00961. The van der Waals surface area contributed by atoms with Crippen LogP contribution in [0.3, 0.4) is 0 Å². The summed E-state index contributed by atoms with van der Waals surface area (Å²) in [5.74, 6) is -2.71. The van der Waals surface area contributed by atoms with Crippen LogP contribution < -0.4 is 9.47 Å². The minimum Gasteiger partial charge on any atom is -0.497 e. The molecule has 2 aromatic rings. The number of halogens is 3. The van der Waals surface area contributed by atoms with Gasteiger partial charge in [0.25, 0.3) is 0 Å². The smallest absolute Gasteiger partial charge is 0.202 e. The Morgan fingerprint density at radius 1 is 1.05 bits per heavy atom. The zero-order valence-electron chi connectivity index (χ0n) is 11.2. The minimum atomic E-state index is -1.01. The highest BCUT2D eigenvalue weighted by molar-refractivity contribution is 6.31. The molecular formula is C15H11ClF2O3. The van der Waals surface area contributed by atoms with Gasteiger partial charge in [0.1, 0.15) is 23.1 Å². The standard InChI is InChI=1S/C15H11ClF2O3/c1-20-9-6-11(17)14(12(18)7-9)15(19)10-4-3-8(16)5-13(10)21-2/h3-7H,1-2H3. The maximum absolute atomic E-state index is 13.9. The zero-order valence-corrected chi connectivity index (χ0v) is 12.0. The van der Waals surface area contributed by atoms with Gasteiger partial charge in [0.2, 0.25) is 5.78 Å². The molecule has 0 aliphatic heterocycles. The van der Waals surface area contributed by atoms with E-state index in [-0.39, 0.29) is 17.1 Å². The molecule has 2 aromatic carbocycles. The van der Waals surface area contributed by atoms with Crippen molar-refractivity contribution in [3.05, 3.63) is 58.1 Å². The molecule has 2 rings (SSSR count). The molecule has 0 bridgehead atoms. The predicted molar refractivity (Wildman–Crippen MR) is 74.3 cm³/mol. The van der Waals surface area contributed by atoms with Gasteiger partial charge in [-0.3, -0.25) is 4.79 Å². The second-order valence-electron chi connectivity index (χ2n) is 4.14. The van der Waals surface area contributed by atoms with Crippen LogP contribution in [0.25, 0.3) is 0 Å². The molecule has 0 spiro atoms. The predicted octanol–water partition coefficient (Wildman–Crippen LogP) is 3.87. The Hall–Kier alpha value is -2.14. The fraction of sp³-hybridized carbons (Fsp3) is 0.133. The molecule has 0 unspecified atom stereocenters. The summed E-state index contributed by atoms with van der Waals surface area (Å²) in [6, 6.07) is 6.08. The van der Waals surface area contributed by atoms with Gasteiger partial charge in [-0.1, -0.05) is 11.6 Å². The highest BCUT2D eigenvalue weighted by Gasteiger charge is 2.23. The third kappa shape index (κ3) is 2.97. The molecule has 21 heavy (non-hydrogen) atoms. The van der Waals surface area contributed by atoms with Gasteiger partial charge in [-0.05, 0) is 18.2 Å². The van der Waals surface area contributed by atoms with Crippen LogP contribution in [0, 0.1) is 11.6 Å². The Balaban J connectivity index is 2.55. The van der Waals surface area contributed by atoms with Crippen molar-refractivity contribution in [2.45, 2.75) is 0 Å². The fourth-order valence-electron chi connectivity index (χ4n) is 1.87. The number of methoxy groups -OCH3 is 2. The zero-order chi connectivity index (χ0) is 15.6. The van der Waals surface area contributed by atoms with Gasteiger partial charge >= 0.3 is 0 Å². The first-order chi connectivity index (χ1) is 9.97. The molecule has 0 amide bonds. The SMILES string of the molecule is COc1cc(F)c(C(=O)c2ccc(Cl)cc2OC)c(F)c1. The summed E-state index contributed by atoms with van der Waals surface area (Å²) in [6.45, 7) is 0. The quantitative estimate of drug-likeness (QED) is 0.804. The molecule has 0 N–H and O–H groups in total. The van der Waals surface area contributed by atoms with Crippen molar-refractivity contribution in [1.82, 2.24) is 0 Å². The Bertz CT molecular complexity index is 678. The maximum Gasteiger partial charge on any atom is 0.202 e. The Kier molecular flexibility index (Phi) is 4.43. The molecule has 0 aliphatic rings. The average molecular weight is 313 g/mol. The number of ether oxygens (including phenoxy) is 2. The van der Waals surface area contributed by atoms with Crippen molar-refractivity contribution in [3.8, 4) is 11.5 Å². The van der Waals surface area contributed by atoms with E-state index in [0.29, 0.717) is 5.02 Å². The Morgan fingerprint density at radius 2 is 1.67 bits per heavy atom. The van der Waals surface area contributed by atoms with E-state index in [9.17, 15) is 13.6 Å². The summed E-state index contributed by atoms with van der Waals surface area (Å²) < 4.78 is 37.6. The van der Waals surface area contributed by atoms with Crippen molar-refractivity contribution >= 4 is 17.4 Å². The van der Waals surface area contributed by atoms with E-state index in [0.717, 1.165) is 12.1 Å². The number of carbonyl (C=O) groups is 1. The van der Waals surface area contributed by atoms with Crippen LogP contribution in [0.4, 0.5) is 8.78 Å². The third-order valence-electron chi connectivity index (χ3n) is 2.89. The third-order valence-corrected chi connectivity index (χ3v) is 3.12. The van der Waals surface area contributed by atoms with Crippen LogP contribution in [0.2, 0.25) is 5.02 Å². The van der Waals surface area contributed by atoms with Crippen molar-refractivity contribution in [1.29, 1.82) is 0 Å². The van der Waals surface area contributed by atoms with Crippen molar-refractivity contribution in [2.75, 3.05) is 14.2 Å². The number of carbonyl (C=O) groups excluding carboxylic acids is 1. The van der Waals surface area contributed by atoms with Gasteiger partial charge in [-0.2, -0.15) is 0 Å². The first-order valence-electron chi connectivity index (χ1n) is 5.89. The van der Waals surface area contributed by atoms with Crippen LogP contribution in [0.1, 0.15) is 15.9 Å². The Labute approximate surface area is 125 Å². The molecule has 0 atom stereocenters. The van der Waals surface area contributed by atoms with Crippen LogP contribution in [0.5, 0.6) is 11.5 Å². The van der Waals surface area contributed by atoms with E-state index in [4.69, 9.17) is 21.1 Å². The summed E-state index contributed by atoms with van der Waals surface area (Å²) in [5.41, 5.74) is -0.652. The van der Waals surface area contributed by atoms with Gasteiger partial charge in [0, 0.05) is 17.2 Å². The molecule has 0 saturated heterocycles. The molecule has 0 radical (unpaired) electrons. The van der Waals surface area contributed by atoms with Crippen molar-refractivity contribution < 1.29 is 23.0 Å². The Morgan fingerprint density at radius 3 is 2.19 bits per heavy atom. The van der Waals surface area contributed by atoms with E-state index >= 15 is 0 Å². The van der Waals surface area contributed by atoms with Gasteiger partial charge < -0.3 is 9.47 Å². The molecular weight excluding hydrogens is 302 g/mol. The van der Waals surface area contributed by atoms with E-state index in [1.165, 1.54) is 32.4 Å². The molecule has 0 heterocycles. The van der Waals surface area contributed by atoms with E-state index in [1.807, 2.05) is 0 Å². The lowest BCUT2D eigenvalue weighted by Gasteiger charge is -2.10. The summed E-state index contributed by atoms with van der Waals surface area (Å²) in [4.78, 5) is 12.3. The molecule has 3 nitrogen and oxygen atoms in total. The highest BCUT2D eigenvalue weighted by atomic mass is 35.5. The second-order valence-corrected chi connectivity index (χ2v) is 4.58. The number of ketones is 1. The van der Waals surface area contributed by atoms with Crippen LogP contribution in [-0.2, 0) is 0 Å². The van der Waals surface area contributed by atoms with Gasteiger partial charge in [-0.25, -0.2) is 8.78 Å². The summed E-state index contributed by atoms with van der Waals surface area (Å²) in [5, 5.41) is 0.346. The molecule has 0 aliphatic carbocycles. The molecule has 6 heteroatoms. The monoisotopic (exact) mass is 312 g/mol. The topological polar surface area (TPSA) is 35.5 Å². The average Bonchev–Trinajstić information content (AvgIpc) is 2.45. The van der Waals surface area contributed by atoms with Crippen LogP contribution in [0.15, 0.2) is 30.3 Å². The van der Waals surface area contributed by atoms with Crippen molar-refractivity contribution in [2.24, 2.45) is 0 Å². The van der Waals surface area contributed by atoms with E-state index in [2.05, 4.69) is 0 Å². The summed E-state index contributed by atoms with van der Waals surface area (Å²) in [7, 11) is 2.61. The normalized spacial score (nSPS) is 10.3. The summed E-state index contributed by atoms with van der Waals surface area (Å²) >= 11 is 5.79. The largest absolute Gasteiger partial charge is 0.497 e. The molecule has 0 saturated carbocycles. The lowest BCUT2D eigenvalue weighted by molar-refractivity contribution is 0.102. The second kappa shape index (κ2) is 6.10. The lowest BCUT2D eigenvalue weighted by Crippen LogP contribution is -2.09. The first-order valence-corrected chi connectivity index (χ1v) is 6.27. The lowest BCUT2D eigenvalue weighted by atomic mass is 10.0. The van der Waals surface area contributed by atoms with Crippen LogP contribution >= 0.6 is 11.6 Å². The number of rotatable bonds is 4. The number of hydrogen-bond donors (Lipinski definition) is 0. The molecule has 110 valence electrons. The van der Waals surface area contributed by atoms with Gasteiger partial charge in [0.15, 0.2) is 0 Å².